The Labute approximate surface area is 155 Å². The van der Waals surface area contributed by atoms with Crippen LogP contribution in [0.2, 0.25) is 0 Å². The van der Waals surface area contributed by atoms with Gasteiger partial charge in [-0.25, -0.2) is 10.9 Å². The van der Waals surface area contributed by atoms with Gasteiger partial charge in [0.05, 0.1) is 12.4 Å². The van der Waals surface area contributed by atoms with Gasteiger partial charge < -0.3 is 0 Å². The summed E-state index contributed by atoms with van der Waals surface area (Å²) in [5, 5.41) is 7.42. The van der Waals surface area contributed by atoms with Crippen molar-refractivity contribution >= 4 is 56.1 Å². The first kappa shape index (κ1) is 18.0. The van der Waals surface area contributed by atoms with Gasteiger partial charge in [0, 0.05) is 8.95 Å². The second-order valence-corrected chi connectivity index (χ2v) is 6.33. The summed E-state index contributed by atoms with van der Waals surface area (Å²) in [6.45, 7) is 0. The number of hydrogen-bond donors (Lipinski definition) is 2. The summed E-state index contributed by atoms with van der Waals surface area (Å²) in [5.74, 6) is -1.81. The van der Waals surface area contributed by atoms with Gasteiger partial charge in [-0.05, 0) is 35.4 Å². The van der Waals surface area contributed by atoms with E-state index in [1.165, 1.54) is 12.4 Å². The highest BCUT2D eigenvalue weighted by molar-refractivity contribution is 9.10. The lowest BCUT2D eigenvalue weighted by Gasteiger charge is -1.98. The lowest BCUT2D eigenvalue weighted by atomic mass is 10.2. The van der Waals surface area contributed by atoms with Gasteiger partial charge in [0.1, 0.15) is 0 Å². The predicted molar refractivity (Wildman–Crippen MR) is 99.8 cm³/mol. The first-order valence-electron chi connectivity index (χ1n) is 6.72. The maximum Gasteiger partial charge on any atom is 0.331 e. The minimum atomic E-state index is -0.906. The Hall–Kier alpha value is -2.32. The first-order valence-corrected chi connectivity index (χ1v) is 8.31. The molecule has 0 radical (unpaired) electrons. The van der Waals surface area contributed by atoms with Crippen molar-refractivity contribution in [3.63, 3.8) is 0 Å². The van der Waals surface area contributed by atoms with Gasteiger partial charge in [-0.1, -0.05) is 56.1 Å². The standard InChI is InChI=1S/C16H12Br2N4O2/c17-13-5-1-11(2-6-13)9-19-21-15(23)16(24)22-20-10-12-3-7-14(18)8-4-12/h1-10H,(H,21,23)(H,22,24). The molecular weight excluding hydrogens is 440 g/mol. The maximum atomic E-state index is 11.5. The number of carbonyl (C=O) groups excluding carboxylic acids is 2. The highest BCUT2D eigenvalue weighted by Crippen LogP contribution is 2.09. The smallest absolute Gasteiger partial charge is 0.262 e. The number of hydrazone groups is 2. The van der Waals surface area contributed by atoms with E-state index < -0.39 is 11.8 Å². The summed E-state index contributed by atoms with van der Waals surface area (Å²) < 4.78 is 1.87. The molecule has 0 atom stereocenters. The maximum absolute atomic E-state index is 11.5. The molecule has 0 aliphatic heterocycles. The summed E-state index contributed by atoms with van der Waals surface area (Å²) in [7, 11) is 0. The molecule has 2 aromatic rings. The van der Waals surface area contributed by atoms with Crippen LogP contribution >= 0.6 is 31.9 Å². The average Bonchev–Trinajstić information content (AvgIpc) is 2.58. The third-order valence-corrected chi connectivity index (χ3v) is 3.76. The van der Waals surface area contributed by atoms with Crippen LogP contribution in [0.3, 0.4) is 0 Å². The van der Waals surface area contributed by atoms with Crippen LogP contribution < -0.4 is 10.9 Å². The molecule has 2 aromatic carbocycles. The number of benzene rings is 2. The van der Waals surface area contributed by atoms with Crippen molar-refractivity contribution in [1.29, 1.82) is 0 Å². The molecule has 2 N–H and O–H groups in total. The molecule has 0 spiro atoms. The van der Waals surface area contributed by atoms with Gasteiger partial charge in [0.2, 0.25) is 0 Å². The SMILES string of the molecule is O=C(NN=Cc1ccc(Br)cc1)C(=O)NN=Cc1ccc(Br)cc1. The number of nitrogens with zero attached hydrogens (tertiary/aromatic N) is 2. The van der Waals surface area contributed by atoms with Gasteiger partial charge in [-0.15, -0.1) is 0 Å². The zero-order chi connectivity index (χ0) is 17.4. The number of amides is 2. The quantitative estimate of drug-likeness (QED) is 0.425. The number of halogens is 2. The van der Waals surface area contributed by atoms with Crippen molar-refractivity contribution in [1.82, 2.24) is 10.9 Å². The number of hydrogen-bond acceptors (Lipinski definition) is 4. The fourth-order valence-electron chi connectivity index (χ4n) is 1.53. The Morgan fingerprint density at radius 1 is 0.708 bits per heavy atom. The molecule has 0 fully saturated rings. The summed E-state index contributed by atoms with van der Waals surface area (Å²) in [4.78, 5) is 23.1. The highest BCUT2D eigenvalue weighted by Gasteiger charge is 2.10. The summed E-state index contributed by atoms with van der Waals surface area (Å²) >= 11 is 6.63. The average molecular weight is 452 g/mol. The molecule has 0 saturated heterocycles. The second kappa shape index (κ2) is 9.09. The van der Waals surface area contributed by atoms with Gasteiger partial charge in [0.25, 0.3) is 0 Å². The van der Waals surface area contributed by atoms with Crippen LogP contribution in [-0.4, -0.2) is 24.2 Å². The van der Waals surface area contributed by atoms with Crippen LogP contribution in [-0.2, 0) is 9.59 Å². The molecular formula is C16H12Br2N4O2. The zero-order valence-electron chi connectivity index (χ0n) is 12.2. The molecule has 24 heavy (non-hydrogen) atoms. The molecule has 0 aliphatic carbocycles. The monoisotopic (exact) mass is 450 g/mol. The van der Waals surface area contributed by atoms with Gasteiger partial charge in [0.15, 0.2) is 0 Å². The van der Waals surface area contributed by atoms with Crippen molar-refractivity contribution in [2.24, 2.45) is 10.2 Å². The molecule has 0 bridgehead atoms. The Bertz CT molecular complexity index is 704. The predicted octanol–water partition coefficient (Wildman–Crippen LogP) is 2.81. The fraction of sp³-hybridized carbons (Fsp3) is 0. The molecule has 0 heterocycles. The van der Waals surface area contributed by atoms with Crippen LogP contribution in [0.25, 0.3) is 0 Å². The Morgan fingerprint density at radius 3 is 1.38 bits per heavy atom. The second-order valence-electron chi connectivity index (χ2n) is 4.50. The van der Waals surface area contributed by atoms with E-state index in [1.807, 2.05) is 48.5 Å². The molecule has 0 aromatic heterocycles. The van der Waals surface area contributed by atoms with Crippen LogP contribution in [0.5, 0.6) is 0 Å². The van der Waals surface area contributed by atoms with Crippen LogP contribution in [0.4, 0.5) is 0 Å². The Balaban J connectivity index is 1.80. The van der Waals surface area contributed by atoms with E-state index in [9.17, 15) is 9.59 Å². The van der Waals surface area contributed by atoms with Crippen LogP contribution in [0.15, 0.2) is 67.7 Å². The van der Waals surface area contributed by atoms with E-state index >= 15 is 0 Å². The minimum absolute atomic E-state index is 0.784. The van der Waals surface area contributed by atoms with E-state index in [0.717, 1.165) is 20.1 Å². The van der Waals surface area contributed by atoms with Gasteiger partial charge in [-0.3, -0.25) is 9.59 Å². The molecule has 0 saturated carbocycles. The Kier molecular flexibility index (Phi) is 6.83. The third-order valence-electron chi connectivity index (χ3n) is 2.71. The van der Waals surface area contributed by atoms with Crippen LogP contribution in [0, 0.1) is 0 Å². The Morgan fingerprint density at radius 2 is 1.04 bits per heavy atom. The molecule has 122 valence electrons. The van der Waals surface area contributed by atoms with E-state index in [4.69, 9.17) is 0 Å². The van der Waals surface area contributed by atoms with Crippen molar-refractivity contribution in [3.05, 3.63) is 68.6 Å². The van der Waals surface area contributed by atoms with Gasteiger partial charge in [-0.2, -0.15) is 10.2 Å². The van der Waals surface area contributed by atoms with E-state index in [-0.39, 0.29) is 0 Å². The molecule has 8 heteroatoms. The van der Waals surface area contributed by atoms with Crippen molar-refractivity contribution in [3.8, 4) is 0 Å². The zero-order valence-corrected chi connectivity index (χ0v) is 15.4. The van der Waals surface area contributed by atoms with Crippen molar-refractivity contribution in [2.45, 2.75) is 0 Å². The van der Waals surface area contributed by atoms with Crippen LogP contribution in [0.1, 0.15) is 11.1 Å². The lowest BCUT2D eigenvalue weighted by molar-refractivity contribution is -0.139. The fourth-order valence-corrected chi connectivity index (χ4v) is 2.06. The summed E-state index contributed by atoms with van der Waals surface area (Å²) in [6, 6.07) is 14.6. The minimum Gasteiger partial charge on any atom is -0.262 e. The lowest BCUT2D eigenvalue weighted by Crippen LogP contribution is -2.35. The highest BCUT2D eigenvalue weighted by atomic mass is 79.9. The normalized spacial score (nSPS) is 10.9. The van der Waals surface area contributed by atoms with E-state index in [2.05, 4.69) is 52.9 Å². The van der Waals surface area contributed by atoms with Gasteiger partial charge >= 0.3 is 11.8 Å². The van der Waals surface area contributed by atoms with E-state index in [1.54, 1.807) is 0 Å². The largest absolute Gasteiger partial charge is 0.331 e. The first-order chi connectivity index (χ1) is 11.5. The summed E-state index contributed by atoms with van der Waals surface area (Å²) in [5.41, 5.74) is 5.83. The van der Waals surface area contributed by atoms with Crippen molar-refractivity contribution < 1.29 is 9.59 Å². The molecule has 0 aliphatic rings. The van der Waals surface area contributed by atoms with E-state index in [0.29, 0.717) is 0 Å². The number of rotatable bonds is 4. The molecule has 6 nitrogen and oxygen atoms in total. The molecule has 0 unspecified atom stereocenters. The number of nitrogens with one attached hydrogen (secondary N) is 2. The summed E-state index contributed by atoms with van der Waals surface area (Å²) in [6.07, 6.45) is 2.87. The molecule has 2 rings (SSSR count). The topological polar surface area (TPSA) is 82.9 Å². The third kappa shape index (κ3) is 6.05. The molecule has 2 amide bonds. The number of carbonyl (C=O) groups is 2. The van der Waals surface area contributed by atoms with Crippen molar-refractivity contribution in [2.75, 3.05) is 0 Å².